The largest absolute Gasteiger partial charge is 0.496 e. The number of aryl methyl sites for hydroxylation is 1. The zero-order valence-electron chi connectivity index (χ0n) is 19.0. The number of hydrogen-bond acceptors (Lipinski definition) is 5. The number of benzene rings is 1. The van der Waals surface area contributed by atoms with E-state index in [9.17, 15) is 0 Å². The number of halogens is 1. The predicted molar refractivity (Wildman–Crippen MR) is 139 cm³/mol. The summed E-state index contributed by atoms with van der Waals surface area (Å²) in [5, 5.41) is 6.74. The van der Waals surface area contributed by atoms with Gasteiger partial charge in [0.25, 0.3) is 0 Å². The van der Waals surface area contributed by atoms with Gasteiger partial charge < -0.3 is 25.2 Å². The predicted octanol–water partition coefficient (Wildman–Crippen LogP) is 2.68. The first-order chi connectivity index (χ1) is 14.6. The molecule has 170 valence electrons. The number of piperazine rings is 1. The molecule has 2 aromatic rings. The average molecular weight is 538 g/mol. The molecule has 2 N–H and O–H groups in total. The van der Waals surface area contributed by atoms with Crippen molar-refractivity contribution in [2.24, 2.45) is 4.99 Å². The highest BCUT2D eigenvalue weighted by atomic mass is 127. The first kappa shape index (κ1) is 25.2. The molecule has 0 unspecified atom stereocenters. The second kappa shape index (κ2) is 12.7. The van der Waals surface area contributed by atoms with Crippen molar-refractivity contribution in [3.8, 4) is 5.75 Å². The SMILES string of the molecule is CN=C(NCCc1cc(C)ccc1OC)NCc1ccc(N2CCN(C)CC2)nc1.I. The molecular weight excluding hydrogens is 503 g/mol. The van der Waals surface area contributed by atoms with Gasteiger partial charge in [-0.1, -0.05) is 23.8 Å². The minimum atomic E-state index is 0. The molecule has 0 spiro atoms. The lowest BCUT2D eigenvalue weighted by Gasteiger charge is -2.33. The number of anilines is 1. The van der Waals surface area contributed by atoms with Crippen LogP contribution in [-0.4, -0.2) is 69.8 Å². The van der Waals surface area contributed by atoms with Gasteiger partial charge in [0.2, 0.25) is 0 Å². The van der Waals surface area contributed by atoms with Gasteiger partial charge in [-0.25, -0.2) is 4.98 Å². The van der Waals surface area contributed by atoms with Crippen molar-refractivity contribution in [2.75, 3.05) is 58.8 Å². The number of guanidine groups is 1. The molecular formula is C23H35IN6O. The maximum Gasteiger partial charge on any atom is 0.191 e. The molecule has 0 saturated carbocycles. The van der Waals surface area contributed by atoms with Crippen molar-refractivity contribution in [1.29, 1.82) is 0 Å². The van der Waals surface area contributed by atoms with Crippen LogP contribution in [0.15, 0.2) is 41.5 Å². The lowest BCUT2D eigenvalue weighted by molar-refractivity contribution is 0.312. The van der Waals surface area contributed by atoms with Gasteiger partial charge in [-0.15, -0.1) is 24.0 Å². The van der Waals surface area contributed by atoms with Crippen LogP contribution in [0, 0.1) is 6.92 Å². The molecule has 1 aromatic heterocycles. The molecule has 0 amide bonds. The number of hydrogen-bond donors (Lipinski definition) is 2. The van der Waals surface area contributed by atoms with Crippen LogP contribution in [0.3, 0.4) is 0 Å². The van der Waals surface area contributed by atoms with Gasteiger partial charge in [0.05, 0.1) is 7.11 Å². The van der Waals surface area contributed by atoms with Crippen LogP contribution >= 0.6 is 24.0 Å². The molecule has 0 atom stereocenters. The maximum absolute atomic E-state index is 5.46. The Bertz CT molecular complexity index is 834. The number of pyridine rings is 1. The van der Waals surface area contributed by atoms with E-state index < -0.39 is 0 Å². The highest BCUT2D eigenvalue weighted by Gasteiger charge is 2.15. The van der Waals surface area contributed by atoms with E-state index in [-0.39, 0.29) is 24.0 Å². The topological polar surface area (TPSA) is 65.0 Å². The Kier molecular flexibility index (Phi) is 10.3. The van der Waals surface area contributed by atoms with E-state index in [1.807, 2.05) is 12.3 Å². The summed E-state index contributed by atoms with van der Waals surface area (Å²) in [6.45, 7) is 7.79. The van der Waals surface area contributed by atoms with Gasteiger partial charge in [-0.3, -0.25) is 4.99 Å². The molecule has 0 bridgehead atoms. The van der Waals surface area contributed by atoms with E-state index in [1.165, 1.54) is 11.1 Å². The van der Waals surface area contributed by atoms with Crippen molar-refractivity contribution in [3.63, 3.8) is 0 Å². The molecule has 0 aliphatic carbocycles. The normalized spacial score (nSPS) is 14.7. The highest BCUT2D eigenvalue weighted by molar-refractivity contribution is 14.0. The van der Waals surface area contributed by atoms with Gasteiger partial charge in [0, 0.05) is 52.5 Å². The van der Waals surface area contributed by atoms with Crippen molar-refractivity contribution in [1.82, 2.24) is 20.5 Å². The van der Waals surface area contributed by atoms with Crippen LogP contribution < -0.4 is 20.3 Å². The molecule has 2 heterocycles. The Morgan fingerprint density at radius 1 is 1.13 bits per heavy atom. The van der Waals surface area contributed by atoms with Crippen molar-refractivity contribution >= 4 is 35.8 Å². The lowest BCUT2D eigenvalue weighted by Crippen LogP contribution is -2.44. The maximum atomic E-state index is 5.46. The lowest BCUT2D eigenvalue weighted by atomic mass is 10.1. The van der Waals surface area contributed by atoms with Crippen molar-refractivity contribution in [3.05, 3.63) is 53.2 Å². The summed E-state index contributed by atoms with van der Waals surface area (Å²) in [5.74, 6) is 2.77. The summed E-state index contributed by atoms with van der Waals surface area (Å²) in [6, 6.07) is 10.5. The summed E-state index contributed by atoms with van der Waals surface area (Å²) in [5.41, 5.74) is 3.57. The molecule has 1 saturated heterocycles. The Morgan fingerprint density at radius 2 is 1.90 bits per heavy atom. The summed E-state index contributed by atoms with van der Waals surface area (Å²) in [7, 11) is 5.67. The number of methoxy groups -OCH3 is 1. The van der Waals surface area contributed by atoms with E-state index in [0.29, 0.717) is 6.54 Å². The fourth-order valence-electron chi connectivity index (χ4n) is 3.57. The quantitative estimate of drug-likeness (QED) is 0.321. The Hall–Kier alpha value is -2.07. The van der Waals surface area contributed by atoms with Crippen LogP contribution in [0.2, 0.25) is 0 Å². The number of rotatable bonds is 7. The second-order valence-electron chi connectivity index (χ2n) is 7.73. The van der Waals surface area contributed by atoms with Crippen molar-refractivity contribution < 1.29 is 4.74 Å². The number of ether oxygens (including phenoxy) is 1. The Balaban J connectivity index is 0.00000341. The van der Waals surface area contributed by atoms with E-state index in [1.54, 1.807) is 14.2 Å². The van der Waals surface area contributed by atoms with E-state index in [2.05, 4.69) is 68.6 Å². The van der Waals surface area contributed by atoms with E-state index in [4.69, 9.17) is 4.74 Å². The number of likely N-dealkylation sites (N-methyl/N-ethyl adjacent to an activating group) is 1. The fraction of sp³-hybridized carbons (Fsp3) is 0.478. The minimum absolute atomic E-state index is 0. The van der Waals surface area contributed by atoms with E-state index >= 15 is 0 Å². The zero-order valence-corrected chi connectivity index (χ0v) is 21.3. The van der Waals surface area contributed by atoms with E-state index in [0.717, 1.165) is 62.2 Å². The van der Waals surface area contributed by atoms with Crippen LogP contribution in [0.1, 0.15) is 16.7 Å². The zero-order chi connectivity index (χ0) is 21.3. The highest BCUT2D eigenvalue weighted by Crippen LogP contribution is 2.19. The third-order valence-corrected chi connectivity index (χ3v) is 5.44. The monoisotopic (exact) mass is 538 g/mol. The van der Waals surface area contributed by atoms with Crippen LogP contribution in [0.4, 0.5) is 5.82 Å². The molecule has 1 aromatic carbocycles. The molecule has 31 heavy (non-hydrogen) atoms. The second-order valence-corrected chi connectivity index (χ2v) is 7.73. The molecule has 1 aliphatic heterocycles. The van der Waals surface area contributed by atoms with Gasteiger partial charge in [0.15, 0.2) is 5.96 Å². The number of aliphatic imine (C=N–C) groups is 1. The third-order valence-electron chi connectivity index (χ3n) is 5.44. The molecule has 1 fully saturated rings. The summed E-state index contributed by atoms with van der Waals surface area (Å²) in [6.07, 6.45) is 2.82. The Labute approximate surface area is 203 Å². The molecule has 1 aliphatic rings. The molecule has 8 heteroatoms. The third kappa shape index (κ3) is 7.53. The van der Waals surface area contributed by atoms with Gasteiger partial charge in [-0.05, 0) is 43.7 Å². The Morgan fingerprint density at radius 3 is 2.55 bits per heavy atom. The summed E-state index contributed by atoms with van der Waals surface area (Å²) < 4.78 is 5.46. The molecule has 3 rings (SSSR count). The first-order valence-electron chi connectivity index (χ1n) is 10.6. The van der Waals surface area contributed by atoms with Crippen LogP contribution in [-0.2, 0) is 13.0 Å². The van der Waals surface area contributed by atoms with Gasteiger partial charge in [0.1, 0.15) is 11.6 Å². The number of nitrogens with zero attached hydrogens (tertiary/aromatic N) is 4. The van der Waals surface area contributed by atoms with Crippen LogP contribution in [0.25, 0.3) is 0 Å². The average Bonchev–Trinajstić information content (AvgIpc) is 2.77. The van der Waals surface area contributed by atoms with Crippen molar-refractivity contribution in [2.45, 2.75) is 19.9 Å². The minimum Gasteiger partial charge on any atom is -0.496 e. The van der Waals surface area contributed by atoms with Gasteiger partial charge >= 0.3 is 0 Å². The number of aromatic nitrogens is 1. The number of nitrogens with one attached hydrogen (secondary N) is 2. The molecule has 7 nitrogen and oxygen atoms in total. The first-order valence-corrected chi connectivity index (χ1v) is 10.6. The fourth-order valence-corrected chi connectivity index (χ4v) is 3.57. The summed E-state index contributed by atoms with van der Waals surface area (Å²) in [4.78, 5) is 13.7. The standard InChI is InChI=1S/C23H34N6O.HI/c1-18-5-7-21(30-4)20(15-18)9-10-25-23(24-2)27-17-19-6-8-22(26-16-19)29-13-11-28(3)12-14-29;/h5-8,15-16H,9-14,17H2,1-4H3,(H2,24,25,27);1H. The van der Waals surface area contributed by atoms with Crippen LogP contribution in [0.5, 0.6) is 5.75 Å². The smallest absolute Gasteiger partial charge is 0.191 e. The van der Waals surface area contributed by atoms with Gasteiger partial charge in [-0.2, -0.15) is 0 Å². The molecule has 0 radical (unpaired) electrons. The summed E-state index contributed by atoms with van der Waals surface area (Å²) >= 11 is 0.